The highest BCUT2D eigenvalue weighted by Crippen LogP contribution is 2.27. The van der Waals surface area contributed by atoms with Crippen LogP contribution >= 0.6 is 0 Å². The van der Waals surface area contributed by atoms with Gasteiger partial charge in [0.25, 0.3) is 5.91 Å². The minimum Gasteiger partial charge on any atom is -0.493 e. The summed E-state index contributed by atoms with van der Waals surface area (Å²) in [4.78, 5) is 16.9. The second-order valence-corrected chi connectivity index (χ2v) is 5.87. The highest BCUT2D eigenvalue weighted by molar-refractivity contribution is 6.00. The summed E-state index contributed by atoms with van der Waals surface area (Å²) in [7, 11) is 3.19. The number of hydrogen-bond acceptors (Lipinski definition) is 6. The molecule has 0 saturated heterocycles. The van der Waals surface area contributed by atoms with Crippen LogP contribution in [0, 0.1) is 6.92 Å². The Hall–Kier alpha value is -3.35. The van der Waals surface area contributed by atoms with Gasteiger partial charge in [-0.05, 0) is 43.2 Å². The molecule has 0 saturated carbocycles. The van der Waals surface area contributed by atoms with Gasteiger partial charge in [0.15, 0.2) is 11.5 Å². The number of methoxy groups -OCH3 is 2. The molecule has 1 amide bonds. The highest BCUT2D eigenvalue weighted by atomic mass is 16.5. The first-order valence-corrected chi connectivity index (χ1v) is 8.50. The van der Waals surface area contributed by atoms with Gasteiger partial charge in [-0.2, -0.15) is 0 Å². The number of nitrogens with one attached hydrogen (secondary N) is 1. The standard InChI is InChI=1S/C20H21N3O4/c1-13-18(19(23-27-13)15-6-4-5-10-21-15)20(24)22-11-9-14-7-8-16(25-2)17(12-14)26-3/h4-8,10,12H,9,11H2,1-3H3,(H,22,24). The first-order valence-electron chi connectivity index (χ1n) is 8.50. The quantitative estimate of drug-likeness (QED) is 0.691. The van der Waals surface area contributed by atoms with Crippen molar-refractivity contribution in [3.63, 3.8) is 0 Å². The summed E-state index contributed by atoms with van der Waals surface area (Å²) in [5, 5.41) is 6.90. The largest absolute Gasteiger partial charge is 0.493 e. The number of amides is 1. The summed E-state index contributed by atoms with van der Waals surface area (Å²) >= 11 is 0. The number of carbonyl (C=O) groups is 1. The minimum atomic E-state index is -0.241. The Balaban J connectivity index is 1.68. The lowest BCUT2D eigenvalue weighted by molar-refractivity contribution is 0.0953. The van der Waals surface area contributed by atoms with Crippen molar-refractivity contribution >= 4 is 5.91 Å². The Morgan fingerprint density at radius 3 is 2.67 bits per heavy atom. The van der Waals surface area contributed by atoms with E-state index in [4.69, 9.17) is 14.0 Å². The molecule has 140 valence electrons. The zero-order valence-corrected chi connectivity index (χ0v) is 15.5. The highest BCUT2D eigenvalue weighted by Gasteiger charge is 2.22. The monoisotopic (exact) mass is 367 g/mol. The number of ether oxygens (including phenoxy) is 2. The van der Waals surface area contributed by atoms with E-state index in [1.54, 1.807) is 39.5 Å². The number of rotatable bonds is 7. The van der Waals surface area contributed by atoms with Gasteiger partial charge in [0.05, 0.1) is 19.9 Å². The molecule has 7 nitrogen and oxygen atoms in total. The molecule has 0 radical (unpaired) electrons. The zero-order valence-electron chi connectivity index (χ0n) is 15.5. The molecule has 0 unspecified atom stereocenters. The van der Waals surface area contributed by atoms with E-state index in [1.165, 1.54) is 0 Å². The maximum absolute atomic E-state index is 12.7. The van der Waals surface area contributed by atoms with Crippen molar-refractivity contribution in [2.24, 2.45) is 0 Å². The first-order chi connectivity index (χ1) is 13.1. The molecule has 0 aliphatic carbocycles. The number of aromatic nitrogens is 2. The van der Waals surface area contributed by atoms with Crippen molar-refractivity contribution < 1.29 is 18.8 Å². The molecule has 2 aromatic heterocycles. The molecule has 1 N–H and O–H groups in total. The molecule has 0 fully saturated rings. The van der Waals surface area contributed by atoms with Gasteiger partial charge in [0, 0.05) is 12.7 Å². The smallest absolute Gasteiger partial charge is 0.257 e. The van der Waals surface area contributed by atoms with Crippen molar-refractivity contribution in [3.05, 3.63) is 59.5 Å². The first kappa shape index (κ1) is 18.4. The van der Waals surface area contributed by atoms with Crippen LogP contribution in [0.4, 0.5) is 0 Å². The summed E-state index contributed by atoms with van der Waals surface area (Å²) in [5.74, 6) is 1.55. The van der Waals surface area contributed by atoms with E-state index < -0.39 is 0 Å². The Bertz CT molecular complexity index is 922. The van der Waals surface area contributed by atoms with E-state index in [2.05, 4.69) is 15.5 Å². The lowest BCUT2D eigenvalue weighted by Crippen LogP contribution is -2.26. The SMILES string of the molecule is COc1ccc(CCNC(=O)c2c(-c3ccccn3)noc2C)cc1OC. The second-order valence-electron chi connectivity index (χ2n) is 5.87. The predicted octanol–water partition coefficient (Wildman–Crippen LogP) is 3.03. The van der Waals surface area contributed by atoms with E-state index in [0.29, 0.717) is 47.2 Å². The van der Waals surface area contributed by atoms with E-state index in [0.717, 1.165) is 5.56 Å². The Kier molecular flexibility index (Phi) is 5.71. The van der Waals surface area contributed by atoms with Crippen LogP contribution < -0.4 is 14.8 Å². The molecule has 2 heterocycles. The van der Waals surface area contributed by atoms with Gasteiger partial charge in [-0.25, -0.2) is 0 Å². The molecule has 1 aromatic carbocycles. The number of nitrogens with zero attached hydrogens (tertiary/aromatic N) is 2. The van der Waals surface area contributed by atoms with Crippen LogP contribution in [0.25, 0.3) is 11.4 Å². The molecular weight excluding hydrogens is 346 g/mol. The molecule has 3 rings (SSSR count). The van der Waals surface area contributed by atoms with Gasteiger partial charge in [-0.1, -0.05) is 17.3 Å². The van der Waals surface area contributed by atoms with E-state index in [-0.39, 0.29) is 5.91 Å². The third-order valence-corrected chi connectivity index (χ3v) is 4.14. The van der Waals surface area contributed by atoms with Gasteiger partial charge in [0.2, 0.25) is 0 Å². The van der Waals surface area contributed by atoms with E-state index in [9.17, 15) is 4.79 Å². The molecule has 7 heteroatoms. The topological polar surface area (TPSA) is 86.5 Å². The van der Waals surface area contributed by atoms with Gasteiger partial charge < -0.3 is 19.3 Å². The van der Waals surface area contributed by atoms with Crippen LogP contribution in [-0.2, 0) is 6.42 Å². The summed E-state index contributed by atoms with van der Waals surface area (Å²) < 4.78 is 15.7. The van der Waals surface area contributed by atoms with Gasteiger partial charge in [0.1, 0.15) is 17.0 Å². The molecule has 0 bridgehead atoms. The van der Waals surface area contributed by atoms with Crippen LogP contribution in [0.2, 0.25) is 0 Å². The molecule has 0 atom stereocenters. The number of carbonyl (C=O) groups excluding carboxylic acids is 1. The van der Waals surface area contributed by atoms with Crippen LogP contribution in [-0.4, -0.2) is 36.8 Å². The van der Waals surface area contributed by atoms with Crippen LogP contribution in [0.15, 0.2) is 47.1 Å². The molecular formula is C20H21N3O4. The predicted molar refractivity (Wildman–Crippen MR) is 100 cm³/mol. The third kappa shape index (κ3) is 4.08. The maximum atomic E-state index is 12.7. The molecule has 27 heavy (non-hydrogen) atoms. The second kappa shape index (κ2) is 8.35. The number of benzene rings is 1. The average Bonchev–Trinajstić information content (AvgIpc) is 3.10. The molecule has 0 spiro atoms. The van der Waals surface area contributed by atoms with Crippen LogP contribution in [0.3, 0.4) is 0 Å². The summed E-state index contributed by atoms with van der Waals surface area (Å²) in [6.07, 6.45) is 2.30. The van der Waals surface area contributed by atoms with E-state index >= 15 is 0 Å². The van der Waals surface area contributed by atoms with E-state index in [1.807, 2.05) is 24.3 Å². The van der Waals surface area contributed by atoms with Crippen molar-refractivity contribution in [2.75, 3.05) is 20.8 Å². The lowest BCUT2D eigenvalue weighted by atomic mass is 10.1. The summed E-state index contributed by atoms with van der Waals surface area (Å²) in [5.41, 5.74) is 2.47. The average molecular weight is 367 g/mol. The van der Waals surface area contributed by atoms with Crippen molar-refractivity contribution in [1.29, 1.82) is 0 Å². The maximum Gasteiger partial charge on any atom is 0.257 e. The minimum absolute atomic E-state index is 0.241. The van der Waals surface area contributed by atoms with Crippen LogP contribution in [0.1, 0.15) is 21.7 Å². The Labute approximate surface area is 157 Å². The molecule has 0 aliphatic heterocycles. The van der Waals surface area contributed by atoms with Crippen molar-refractivity contribution in [2.45, 2.75) is 13.3 Å². The fourth-order valence-electron chi connectivity index (χ4n) is 2.76. The third-order valence-electron chi connectivity index (χ3n) is 4.14. The Morgan fingerprint density at radius 2 is 1.96 bits per heavy atom. The zero-order chi connectivity index (χ0) is 19.2. The Morgan fingerprint density at radius 1 is 1.15 bits per heavy atom. The number of pyridine rings is 1. The van der Waals surface area contributed by atoms with Crippen LogP contribution in [0.5, 0.6) is 11.5 Å². The number of hydrogen-bond donors (Lipinski definition) is 1. The van der Waals surface area contributed by atoms with Crippen molar-refractivity contribution in [3.8, 4) is 22.9 Å². The fourth-order valence-corrected chi connectivity index (χ4v) is 2.76. The van der Waals surface area contributed by atoms with Gasteiger partial charge in [-0.3, -0.25) is 9.78 Å². The van der Waals surface area contributed by atoms with Gasteiger partial charge >= 0.3 is 0 Å². The molecule has 3 aromatic rings. The summed E-state index contributed by atoms with van der Waals surface area (Å²) in [6.45, 7) is 2.17. The summed E-state index contributed by atoms with van der Waals surface area (Å²) in [6, 6.07) is 11.1. The fraction of sp³-hybridized carbons (Fsp3) is 0.250. The van der Waals surface area contributed by atoms with Crippen molar-refractivity contribution in [1.82, 2.24) is 15.5 Å². The number of aryl methyl sites for hydroxylation is 1. The normalized spacial score (nSPS) is 10.5. The lowest BCUT2D eigenvalue weighted by Gasteiger charge is -2.10. The molecule has 0 aliphatic rings. The van der Waals surface area contributed by atoms with Gasteiger partial charge in [-0.15, -0.1) is 0 Å².